The first kappa shape index (κ1) is 19.2. The maximum atomic E-state index is 12.1. The Kier molecular flexibility index (Phi) is 6.93. The molecule has 26 heavy (non-hydrogen) atoms. The number of hydrazone groups is 1. The van der Waals surface area contributed by atoms with Crippen LogP contribution in [-0.2, 0) is 9.53 Å². The molecule has 0 saturated carbocycles. The molecule has 0 atom stereocenters. The van der Waals surface area contributed by atoms with Crippen LogP contribution in [0.25, 0.3) is 5.76 Å². The Bertz CT molecular complexity index is 830. The van der Waals surface area contributed by atoms with Crippen LogP contribution in [0.1, 0.15) is 22.8 Å². The van der Waals surface area contributed by atoms with Crippen LogP contribution in [0, 0.1) is 0 Å². The minimum absolute atomic E-state index is 0.134. The number of esters is 1. The first-order chi connectivity index (χ1) is 12.5. The van der Waals surface area contributed by atoms with E-state index < -0.39 is 11.9 Å². The smallest absolute Gasteiger partial charge is 0.343 e. The highest BCUT2D eigenvalue weighted by molar-refractivity contribution is 6.30. The molecular weight excluding hydrogens is 356 g/mol. The van der Waals surface area contributed by atoms with Gasteiger partial charge in [-0.15, -0.1) is 0 Å². The van der Waals surface area contributed by atoms with Gasteiger partial charge in [0.25, 0.3) is 5.91 Å². The summed E-state index contributed by atoms with van der Waals surface area (Å²) in [6.07, 6.45) is 1.05. The molecular formula is C19H17ClN2O4. The van der Waals surface area contributed by atoms with Crippen LogP contribution in [-0.4, -0.2) is 29.8 Å². The monoisotopic (exact) mass is 372 g/mol. The summed E-state index contributed by atoms with van der Waals surface area (Å²) in [5, 5.41) is 14.6. The van der Waals surface area contributed by atoms with Crippen molar-refractivity contribution in [2.75, 3.05) is 6.61 Å². The molecule has 2 aromatic rings. The van der Waals surface area contributed by atoms with Crippen LogP contribution in [0.3, 0.4) is 0 Å². The fourth-order valence-electron chi connectivity index (χ4n) is 1.99. The summed E-state index contributed by atoms with van der Waals surface area (Å²) in [6.45, 7) is 1.78. The number of hydrogen-bond donors (Lipinski definition) is 2. The summed E-state index contributed by atoms with van der Waals surface area (Å²) < 4.78 is 4.93. The number of halogens is 1. The number of aliphatic hydroxyl groups excluding tert-OH is 1. The average Bonchev–Trinajstić information content (AvgIpc) is 2.66. The van der Waals surface area contributed by atoms with Crippen LogP contribution in [0.5, 0.6) is 0 Å². The van der Waals surface area contributed by atoms with Gasteiger partial charge in [0.1, 0.15) is 11.3 Å². The Morgan fingerprint density at radius 3 is 2.38 bits per heavy atom. The van der Waals surface area contributed by atoms with Crippen LogP contribution < -0.4 is 5.43 Å². The largest absolute Gasteiger partial charge is 0.506 e. The van der Waals surface area contributed by atoms with Crippen molar-refractivity contribution in [1.29, 1.82) is 0 Å². The second-order valence-corrected chi connectivity index (χ2v) is 5.49. The van der Waals surface area contributed by atoms with Gasteiger partial charge in [0.15, 0.2) is 0 Å². The van der Waals surface area contributed by atoms with Gasteiger partial charge < -0.3 is 9.84 Å². The third kappa shape index (κ3) is 5.19. The van der Waals surface area contributed by atoms with Crippen molar-refractivity contribution in [3.05, 3.63) is 76.3 Å². The lowest BCUT2D eigenvalue weighted by Gasteiger charge is -2.07. The minimum atomic E-state index is -0.752. The maximum absolute atomic E-state index is 12.1. The molecule has 0 aliphatic rings. The average molecular weight is 373 g/mol. The van der Waals surface area contributed by atoms with Crippen molar-refractivity contribution in [2.45, 2.75) is 6.92 Å². The zero-order chi connectivity index (χ0) is 18.9. The number of amides is 1. The molecule has 0 aliphatic carbocycles. The number of carbonyl (C=O) groups is 2. The quantitative estimate of drug-likeness (QED) is 0.267. The number of nitrogens with zero attached hydrogens (tertiary/aromatic N) is 1. The molecule has 134 valence electrons. The highest BCUT2D eigenvalue weighted by atomic mass is 35.5. The van der Waals surface area contributed by atoms with Gasteiger partial charge in [-0.05, 0) is 31.2 Å². The van der Waals surface area contributed by atoms with Gasteiger partial charge in [-0.2, -0.15) is 5.10 Å². The summed E-state index contributed by atoms with van der Waals surface area (Å²) in [4.78, 5) is 24.1. The SMILES string of the molecule is CCOC(=O)C(C=NNC(=O)c1ccc(Cl)cc1)=C(O)c1ccccc1. The lowest BCUT2D eigenvalue weighted by molar-refractivity contribution is -0.137. The molecule has 6 nitrogen and oxygen atoms in total. The van der Waals surface area contributed by atoms with Gasteiger partial charge in [0, 0.05) is 16.1 Å². The number of carbonyl (C=O) groups excluding carboxylic acids is 2. The highest BCUT2D eigenvalue weighted by Crippen LogP contribution is 2.16. The Labute approximate surface area is 155 Å². The zero-order valence-corrected chi connectivity index (χ0v) is 14.7. The van der Waals surface area contributed by atoms with Gasteiger partial charge >= 0.3 is 5.97 Å². The lowest BCUT2D eigenvalue weighted by Crippen LogP contribution is -2.19. The van der Waals surface area contributed by atoms with Gasteiger partial charge in [-0.25, -0.2) is 10.2 Å². The van der Waals surface area contributed by atoms with Crippen molar-refractivity contribution < 1.29 is 19.4 Å². The Morgan fingerprint density at radius 2 is 1.77 bits per heavy atom. The Hall–Kier alpha value is -3.12. The van der Waals surface area contributed by atoms with Gasteiger partial charge in [0.2, 0.25) is 0 Å². The van der Waals surface area contributed by atoms with Crippen molar-refractivity contribution >= 4 is 35.5 Å². The second-order valence-electron chi connectivity index (χ2n) is 5.05. The molecule has 1 amide bonds. The predicted molar refractivity (Wildman–Crippen MR) is 100 cm³/mol. The van der Waals surface area contributed by atoms with E-state index >= 15 is 0 Å². The molecule has 0 aromatic heterocycles. The molecule has 0 saturated heterocycles. The van der Waals surface area contributed by atoms with Crippen LogP contribution in [0.2, 0.25) is 5.02 Å². The summed E-state index contributed by atoms with van der Waals surface area (Å²) >= 11 is 5.77. The van der Waals surface area contributed by atoms with Gasteiger partial charge in [0.05, 0.1) is 12.8 Å². The number of rotatable bonds is 6. The van der Waals surface area contributed by atoms with Crippen LogP contribution >= 0.6 is 11.6 Å². The van der Waals surface area contributed by atoms with E-state index in [4.69, 9.17) is 16.3 Å². The van der Waals surface area contributed by atoms with Crippen molar-refractivity contribution in [1.82, 2.24) is 5.43 Å². The molecule has 0 aliphatic heterocycles. The topological polar surface area (TPSA) is 88.0 Å². The van der Waals surface area contributed by atoms with Crippen molar-refractivity contribution in [2.24, 2.45) is 5.10 Å². The Balaban J connectivity index is 2.21. The molecule has 2 rings (SSSR count). The standard InChI is InChI=1S/C19H17ClN2O4/c1-2-26-19(25)16(17(23)13-6-4-3-5-7-13)12-21-22-18(24)14-8-10-15(20)11-9-14/h3-12,23H,2H2,1H3,(H,22,24). The lowest BCUT2D eigenvalue weighted by atomic mass is 10.1. The second kappa shape index (κ2) is 9.39. The van der Waals surface area contributed by atoms with E-state index in [1.165, 1.54) is 12.1 Å². The summed E-state index contributed by atoms with van der Waals surface area (Å²) in [7, 11) is 0. The van der Waals surface area contributed by atoms with Crippen LogP contribution in [0.15, 0.2) is 65.3 Å². The van der Waals surface area contributed by atoms with Gasteiger partial charge in [-0.1, -0.05) is 41.9 Å². The van der Waals surface area contributed by atoms with E-state index in [9.17, 15) is 14.7 Å². The Morgan fingerprint density at radius 1 is 1.12 bits per heavy atom. The molecule has 2 N–H and O–H groups in total. The number of ether oxygens (including phenoxy) is 1. The number of nitrogens with one attached hydrogen (secondary N) is 1. The fraction of sp³-hybridized carbons (Fsp3) is 0.105. The molecule has 7 heteroatoms. The molecule has 0 radical (unpaired) electrons. The molecule has 2 aromatic carbocycles. The van der Waals surface area contributed by atoms with E-state index in [2.05, 4.69) is 10.5 Å². The summed E-state index contributed by atoms with van der Waals surface area (Å²) in [5.74, 6) is -1.53. The number of aliphatic hydroxyl groups is 1. The van der Waals surface area contributed by atoms with Gasteiger partial charge in [-0.3, -0.25) is 4.79 Å². The van der Waals surface area contributed by atoms with E-state index in [0.29, 0.717) is 16.1 Å². The molecule has 0 spiro atoms. The predicted octanol–water partition coefficient (Wildman–Crippen LogP) is 3.59. The molecule has 0 fully saturated rings. The minimum Gasteiger partial charge on any atom is -0.506 e. The highest BCUT2D eigenvalue weighted by Gasteiger charge is 2.16. The normalized spacial score (nSPS) is 11.8. The fourth-order valence-corrected chi connectivity index (χ4v) is 2.12. The zero-order valence-electron chi connectivity index (χ0n) is 14.0. The third-order valence-electron chi connectivity index (χ3n) is 3.26. The molecule has 0 heterocycles. The number of hydrogen-bond acceptors (Lipinski definition) is 5. The van der Waals surface area contributed by atoms with Crippen molar-refractivity contribution in [3.63, 3.8) is 0 Å². The van der Waals surface area contributed by atoms with Crippen LogP contribution in [0.4, 0.5) is 0 Å². The van der Waals surface area contributed by atoms with Crippen molar-refractivity contribution in [3.8, 4) is 0 Å². The van der Waals surface area contributed by atoms with E-state index in [1.807, 2.05) is 0 Å². The molecule has 0 bridgehead atoms. The van der Waals surface area contributed by atoms with E-state index in [0.717, 1.165) is 6.21 Å². The van der Waals surface area contributed by atoms with E-state index in [1.54, 1.807) is 49.4 Å². The summed E-state index contributed by atoms with van der Waals surface area (Å²) in [5.41, 5.74) is 2.88. The first-order valence-electron chi connectivity index (χ1n) is 7.77. The first-order valence-corrected chi connectivity index (χ1v) is 8.15. The summed E-state index contributed by atoms with van der Waals surface area (Å²) in [6, 6.07) is 14.7. The number of benzene rings is 2. The maximum Gasteiger partial charge on any atom is 0.343 e. The third-order valence-corrected chi connectivity index (χ3v) is 3.52. The molecule has 0 unspecified atom stereocenters. The van der Waals surface area contributed by atoms with E-state index in [-0.39, 0.29) is 17.9 Å².